The molecule has 0 bridgehead atoms. The molecule has 0 aliphatic heterocycles. The van der Waals surface area contributed by atoms with Crippen LogP contribution < -0.4 is 58.7 Å². The molecule has 0 aromatic carbocycles. The predicted octanol–water partition coefficient (Wildman–Crippen LogP) is -11.3. The van der Waals surface area contributed by atoms with Crippen LogP contribution in [0.15, 0.2) is 0 Å². The monoisotopic (exact) mass is 380 g/mol. The van der Waals surface area contributed by atoms with Gasteiger partial charge in [-0.3, -0.25) is 0 Å². The molecule has 0 amide bonds. The van der Waals surface area contributed by atoms with Crippen molar-refractivity contribution < 1.29 is 77.0 Å². The van der Waals surface area contributed by atoms with Crippen molar-refractivity contribution in [3.05, 3.63) is 0 Å². The molecule has 0 saturated carbocycles. The molecule has 0 saturated heterocycles. The maximum absolute atomic E-state index is 8.55. The van der Waals surface area contributed by atoms with Gasteiger partial charge in [-0.2, -0.15) is 31.3 Å². The fourth-order valence-corrected chi connectivity index (χ4v) is 0. The number of rotatable bonds is 0. The first-order valence-electron chi connectivity index (χ1n) is 2.92. The van der Waals surface area contributed by atoms with Crippen LogP contribution in [-0.2, 0) is 18.3 Å². The summed E-state index contributed by atoms with van der Waals surface area (Å²) in [5, 5.41) is 0. The molecule has 0 aromatic rings. The van der Waals surface area contributed by atoms with Gasteiger partial charge in [0.05, 0.1) is 0 Å². The van der Waals surface area contributed by atoms with Crippen molar-refractivity contribution in [2.24, 2.45) is 0 Å². The third kappa shape index (κ3) is 29000. The Balaban J connectivity index is -0.0000000853. The zero-order valence-electron chi connectivity index (χ0n) is 8.32. The quantitative estimate of drug-likeness (QED) is 0.352. The average molecular weight is 380 g/mol. The van der Waals surface area contributed by atoms with E-state index >= 15 is 0 Å². The molecule has 0 N–H and O–H groups in total. The van der Waals surface area contributed by atoms with E-state index in [4.69, 9.17) is 77.0 Å². The minimum absolute atomic E-state index is 5.39. The Labute approximate surface area is 109 Å². The maximum atomic E-state index is 8.55. The summed E-state index contributed by atoms with van der Waals surface area (Å²) in [5.74, 6) is 0. The van der Waals surface area contributed by atoms with Crippen molar-refractivity contribution >= 4 is 31.3 Å². The van der Waals surface area contributed by atoms with Crippen molar-refractivity contribution in [1.29, 1.82) is 0 Å². The Kier molecular flexibility index (Phi) is 15.8. The van der Waals surface area contributed by atoms with E-state index in [1.807, 2.05) is 0 Å². The molecule has 128 valence electrons. The molecule has 0 fully saturated rings. The van der Waals surface area contributed by atoms with Crippen LogP contribution in [0.25, 0.3) is 0 Å². The third-order valence-electron chi connectivity index (χ3n) is 0. The predicted molar refractivity (Wildman–Crippen MR) is 30.4 cm³/mol. The molecule has 0 radical (unpaired) electrons. The van der Waals surface area contributed by atoms with Gasteiger partial charge in [0.25, 0.3) is 0 Å². The van der Waals surface area contributed by atoms with E-state index < -0.39 is 31.3 Å². The van der Waals surface area contributed by atoms with Gasteiger partial charge in [0, 0.05) is 0 Å². The van der Waals surface area contributed by atoms with Crippen LogP contribution in [0, 0.1) is 0 Å². The van der Waals surface area contributed by atoms with Crippen LogP contribution in [0.1, 0.15) is 0 Å². The van der Waals surface area contributed by atoms with Crippen LogP contribution >= 0.6 is 31.3 Å². The summed E-state index contributed by atoms with van der Waals surface area (Å²) in [6, 6.07) is 0. The van der Waals surface area contributed by atoms with Gasteiger partial charge in [0.2, 0.25) is 0 Å². The second-order valence-electron chi connectivity index (χ2n) is 1.79. The molecular formula is O16P4-12. The Morgan fingerprint density at radius 2 is 0.300 bits per heavy atom. The summed E-state index contributed by atoms with van der Waals surface area (Å²) in [5.41, 5.74) is 0. The van der Waals surface area contributed by atoms with E-state index in [2.05, 4.69) is 0 Å². The average Bonchev–Trinajstić information content (AvgIpc) is 1.62. The second-order valence-corrected chi connectivity index (χ2v) is 5.37. The lowest BCUT2D eigenvalue weighted by molar-refractivity contribution is -0.434. The van der Waals surface area contributed by atoms with E-state index in [0.29, 0.717) is 0 Å². The second kappa shape index (κ2) is 11.1. The van der Waals surface area contributed by atoms with Crippen LogP contribution in [-0.4, -0.2) is 0 Å². The fourth-order valence-electron chi connectivity index (χ4n) is 0. The smallest absolute Gasteiger partial charge is 0.159 e. The van der Waals surface area contributed by atoms with Crippen LogP contribution in [0.5, 0.6) is 0 Å². The van der Waals surface area contributed by atoms with Gasteiger partial charge < -0.3 is 77.0 Å². The van der Waals surface area contributed by atoms with Crippen molar-refractivity contribution in [2.45, 2.75) is 0 Å². The fraction of sp³-hybridized carbons (Fsp3) is 0. The van der Waals surface area contributed by atoms with Crippen molar-refractivity contribution in [2.75, 3.05) is 0 Å². The molecule has 0 spiro atoms. The van der Waals surface area contributed by atoms with E-state index in [1.165, 1.54) is 0 Å². The highest BCUT2D eigenvalue weighted by Gasteiger charge is 1.46. The Hall–Kier alpha value is 0.440. The first-order valence-corrected chi connectivity index (χ1v) is 8.76. The van der Waals surface area contributed by atoms with E-state index in [0.717, 1.165) is 0 Å². The zero-order chi connectivity index (χ0) is 18.0. The van der Waals surface area contributed by atoms with Crippen molar-refractivity contribution in [1.82, 2.24) is 0 Å². The normalized spacial score (nSPS) is 11.8. The number of hydrogen-bond acceptors (Lipinski definition) is 16. The lowest BCUT2D eigenvalue weighted by Crippen LogP contribution is -2.24. The summed E-state index contributed by atoms with van der Waals surface area (Å²) >= 11 is 0. The molecule has 16 nitrogen and oxygen atoms in total. The van der Waals surface area contributed by atoms with Gasteiger partial charge in [-0.1, -0.05) is 0 Å². The summed E-state index contributed by atoms with van der Waals surface area (Å²) in [4.78, 5) is 103. The molecule has 0 aliphatic rings. The molecule has 20 heteroatoms. The van der Waals surface area contributed by atoms with Crippen molar-refractivity contribution in [3.8, 4) is 0 Å². The SMILES string of the molecule is O=P([O-])([O-])[O-].O=P([O-])([O-])[O-].O=P([O-])([O-])[O-].O=P([O-])([O-])[O-]. The first-order chi connectivity index (χ1) is 8.00. The maximum Gasteiger partial charge on any atom is -0.159 e. The zero-order valence-corrected chi connectivity index (χ0v) is 11.9. The molecule has 0 unspecified atom stereocenters. The summed E-state index contributed by atoms with van der Waals surface area (Å²) in [6.07, 6.45) is 0. The number of hydrogen-bond donors (Lipinski definition) is 0. The standard InChI is InChI=1S/4H3O4P/c4*1-5(2,3)4/h4*(H3,1,2,3,4)/p-12. The lowest BCUT2D eigenvalue weighted by Gasteiger charge is -2.36. The molecule has 20 heavy (non-hydrogen) atoms. The highest BCUT2D eigenvalue weighted by Crippen LogP contribution is 2.04. The van der Waals surface area contributed by atoms with Crippen LogP contribution in [0.3, 0.4) is 0 Å². The highest BCUT2D eigenvalue weighted by molar-refractivity contribution is 7.41. The van der Waals surface area contributed by atoms with Gasteiger partial charge in [0.1, 0.15) is 0 Å². The molecule has 0 heterocycles. The van der Waals surface area contributed by atoms with Crippen LogP contribution in [0.2, 0.25) is 0 Å². The Bertz CT molecular complexity index is 279. The van der Waals surface area contributed by atoms with E-state index in [1.54, 1.807) is 0 Å². The van der Waals surface area contributed by atoms with E-state index in [-0.39, 0.29) is 0 Å². The minimum atomic E-state index is -5.39. The number of phosphoric acid groups is 4. The lowest BCUT2D eigenvalue weighted by atomic mass is 15.8. The molecular weight excluding hydrogens is 380 g/mol. The summed E-state index contributed by atoms with van der Waals surface area (Å²) in [6.45, 7) is 0. The van der Waals surface area contributed by atoms with Gasteiger partial charge >= 0.3 is 0 Å². The molecule has 0 aromatic heterocycles. The molecule has 0 aliphatic carbocycles. The third-order valence-corrected chi connectivity index (χ3v) is 0. The first kappa shape index (κ1) is 28.6. The molecule has 0 rings (SSSR count). The Morgan fingerprint density at radius 3 is 0.300 bits per heavy atom. The largest absolute Gasteiger partial charge is 0.822 e. The topological polar surface area (TPSA) is 345 Å². The molecule has 0 atom stereocenters. The minimum Gasteiger partial charge on any atom is -0.822 e. The van der Waals surface area contributed by atoms with Gasteiger partial charge in [-0.25, -0.2) is 0 Å². The Morgan fingerprint density at radius 1 is 0.300 bits per heavy atom. The summed E-state index contributed by atoms with van der Waals surface area (Å²) < 4.78 is 34.2. The van der Waals surface area contributed by atoms with E-state index in [9.17, 15) is 0 Å². The highest BCUT2D eigenvalue weighted by atomic mass is 31.2. The van der Waals surface area contributed by atoms with Gasteiger partial charge in [-0.05, 0) is 0 Å². The van der Waals surface area contributed by atoms with Gasteiger partial charge in [-0.15, -0.1) is 0 Å². The van der Waals surface area contributed by atoms with Crippen molar-refractivity contribution in [3.63, 3.8) is 0 Å². The van der Waals surface area contributed by atoms with Gasteiger partial charge in [0.15, 0.2) is 0 Å². The van der Waals surface area contributed by atoms with Crippen LogP contribution in [0.4, 0.5) is 0 Å². The summed E-state index contributed by atoms with van der Waals surface area (Å²) in [7, 11) is -21.6.